The van der Waals surface area contributed by atoms with Crippen molar-refractivity contribution in [1.29, 1.82) is 0 Å². The first-order valence-corrected chi connectivity index (χ1v) is 10.6. The molecule has 2 heterocycles. The molecule has 2 aromatic carbocycles. The number of carbonyl (C=O) groups excluding carboxylic acids is 3. The number of nitrogens with zero attached hydrogens (tertiary/aromatic N) is 1. The standard InChI is InChI=1S/C25H21N3O6/c29-22(27-34)9-3-1-2-6-15-10-11-20-19(12-15)16(14-26-20)13-21(25(32)33)28-23(30)17-7-4-5-8-18(17)24(28)31/h4-5,7-8,10-12,14,21,26,34H,1,3,9,13H2,(H,27,29)(H,32,33)/t21-/m0/s1. The Morgan fingerprint density at radius 3 is 2.44 bits per heavy atom. The third kappa shape index (κ3) is 4.40. The van der Waals surface area contributed by atoms with Crippen molar-refractivity contribution >= 4 is 34.6 Å². The smallest absolute Gasteiger partial charge is 0.327 e. The van der Waals surface area contributed by atoms with E-state index in [9.17, 15) is 24.3 Å². The Morgan fingerprint density at radius 2 is 1.79 bits per heavy atom. The van der Waals surface area contributed by atoms with Crippen LogP contribution in [0.4, 0.5) is 0 Å². The minimum absolute atomic E-state index is 0.0616. The molecule has 4 rings (SSSR count). The summed E-state index contributed by atoms with van der Waals surface area (Å²) in [5.74, 6) is 3.01. The molecular formula is C25H21N3O6. The summed E-state index contributed by atoms with van der Waals surface area (Å²) in [4.78, 5) is 52.7. The Hall–Kier alpha value is -4.42. The number of benzene rings is 2. The van der Waals surface area contributed by atoms with Crippen molar-refractivity contribution < 1.29 is 29.5 Å². The molecule has 4 N–H and O–H groups in total. The summed E-state index contributed by atoms with van der Waals surface area (Å²) in [5, 5.41) is 19.1. The number of rotatable bonds is 7. The first-order chi connectivity index (χ1) is 16.4. The Labute approximate surface area is 194 Å². The Balaban J connectivity index is 1.56. The van der Waals surface area contributed by atoms with E-state index in [0.29, 0.717) is 24.0 Å². The van der Waals surface area contributed by atoms with Crippen LogP contribution in [0.2, 0.25) is 0 Å². The van der Waals surface area contributed by atoms with Gasteiger partial charge in [-0.1, -0.05) is 24.0 Å². The number of aliphatic carboxylic acids is 1. The van der Waals surface area contributed by atoms with E-state index in [1.165, 1.54) is 12.1 Å². The maximum Gasteiger partial charge on any atom is 0.327 e. The fraction of sp³-hybridized carbons (Fsp3) is 0.200. The van der Waals surface area contributed by atoms with Crippen molar-refractivity contribution in [3.63, 3.8) is 0 Å². The highest BCUT2D eigenvalue weighted by atomic mass is 16.5. The summed E-state index contributed by atoms with van der Waals surface area (Å²) in [5.41, 5.74) is 4.09. The number of aromatic nitrogens is 1. The molecule has 3 amide bonds. The SMILES string of the molecule is O=C(CCCC#Cc1ccc2[nH]cc(C[C@@H](C(=O)O)N3C(=O)c4ccccc4C3=O)c2c1)NO. The van der Waals surface area contributed by atoms with Crippen molar-refractivity contribution in [2.75, 3.05) is 0 Å². The molecule has 9 nitrogen and oxygen atoms in total. The number of imide groups is 1. The largest absolute Gasteiger partial charge is 0.480 e. The predicted octanol–water partition coefficient (Wildman–Crippen LogP) is 2.49. The Bertz CT molecular complexity index is 1330. The highest BCUT2D eigenvalue weighted by molar-refractivity contribution is 6.22. The number of fused-ring (bicyclic) bond motifs is 2. The lowest BCUT2D eigenvalue weighted by Gasteiger charge is -2.22. The van der Waals surface area contributed by atoms with Crippen molar-refractivity contribution in [1.82, 2.24) is 15.4 Å². The quantitative estimate of drug-likeness (QED) is 0.141. The van der Waals surface area contributed by atoms with E-state index in [1.807, 2.05) is 18.2 Å². The van der Waals surface area contributed by atoms with E-state index >= 15 is 0 Å². The fourth-order valence-corrected chi connectivity index (χ4v) is 3.97. The summed E-state index contributed by atoms with van der Waals surface area (Å²) in [7, 11) is 0. The highest BCUT2D eigenvalue weighted by Gasteiger charge is 2.42. The number of carbonyl (C=O) groups is 4. The van der Waals surface area contributed by atoms with Crippen molar-refractivity contribution in [2.45, 2.75) is 31.7 Å². The van der Waals surface area contributed by atoms with Crippen LogP contribution in [0.5, 0.6) is 0 Å². The molecule has 0 spiro atoms. The average molecular weight is 459 g/mol. The second-order valence-corrected chi connectivity index (χ2v) is 7.85. The monoisotopic (exact) mass is 459 g/mol. The lowest BCUT2D eigenvalue weighted by atomic mass is 10.0. The number of hydrogen-bond acceptors (Lipinski definition) is 5. The van der Waals surface area contributed by atoms with E-state index in [-0.39, 0.29) is 24.0 Å². The molecular weight excluding hydrogens is 438 g/mol. The Kier molecular flexibility index (Phi) is 6.43. The van der Waals surface area contributed by atoms with Crippen LogP contribution >= 0.6 is 0 Å². The van der Waals surface area contributed by atoms with Gasteiger partial charge in [0.1, 0.15) is 6.04 Å². The topological polar surface area (TPSA) is 140 Å². The minimum atomic E-state index is -1.36. The maximum absolute atomic E-state index is 12.8. The van der Waals surface area contributed by atoms with Gasteiger partial charge in [-0.05, 0) is 42.3 Å². The molecule has 1 aromatic heterocycles. The van der Waals surface area contributed by atoms with Gasteiger partial charge in [-0.2, -0.15) is 0 Å². The summed E-state index contributed by atoms with van der Waals surface area (Å²) in [6, 6.07) is 10.4. The fourth-order valence-electron chi connectivity index (χ4n) is 3.97. The molecule has 172 valence electrons. The first kappa shape index (κ1) is 22.8. The Morgan fingerprint density at radius 1 is 1.09 bits per heavy atom. The second-order valence-electron chi connectivity index (χ2n) is 7.85. The maximum atomic E-state index is 12.8. The molecule has 0 saturated carbocycles. The number of carboxylic acid groups (broad SMARTS) is 1. The van der Waals surface area contributed by atoms with Crippen LogP contribution in [-0.4, -0.2) is 49.9 Å². The molecule has 9 heteroatoms. The van der Waals surface area contributed by atoms with Crippen LogP contribution < -0.4 is 5.48 Å². The van der Waals surface area contributed by atoms with Crippen LogP contribution in [0.3, 0.4) is 0 Å². The first-order valence-electron chi connectivity index (χ1n) is 10.6. The lowest BCUT2D eigenvalue weighted by molar-refractivity contribution is -0.141. The number of carboxylic acids is 1. The van der Waals surface area contributed by atoms with Gasteiger partial charge in [-0.25, -0.2) is 10.3 Å². The van der Waals surface area contributed by atoms with Crippen LogP contribution in [0.1, 0.15) is 51.1 Å². The number of hydrogen-bond donors (Lipinski definition) is 4. The summed E-state index contributed by atoms with van der Waals surface area (Å²) in [6.07, 6.45) is 2.74. The summed E-state index contributed by atoms with van der Waals surface area (Å²) < 4.78 is 0. The van der Waals surface area contributed by atoms with Gasteiger partial charge in [0.2, 0.25) is 5.91 Å². The van der Waals surface area contributed by atoms with Gasteiger partial charge in [0.15, 0.2) is 0 Å². The van der Waals surface area contributed by atoms with E-state index in [0.717, 1.165) is 15.8 Å². The molecule has 0 radical (unpaired) electrons. The van der Waals surface area contributed by atoms with Crippen LogP contribution in [-0.2, 0) is 16.0 Å². The average Bonchev–Trinajstić information content (AvgIpc) is 3.35. The molecule has 0 fully saturated rings. The van der Waals surface area contributed by atoms with Gasteiger partial charge in [0.25, 0.3) is 11.8 Å². The minimum Gasteiger partial charge on any atom is -0.480 e. The molecule has 1 atom stereocenters. The van der Waals surface area contributed by atoms with Gasteiger partial charge in [0.05, 0.1) is 11.1 Å². The number of H-pyrrole nitrogens is 1. The van der Waals surface area contributed by atoms with Crippen molar-refractivity contribution in [3.8, 4) is 11.8 Å². The van der Waals surface area contributed by atoms with Gasteiger partial charge in [-0.3, -0.25) is 24.5 Å². The summed E-state index contributed by atoms with van der Waals surface area (Å²) in [6.45, 7) is 0. The number of nitrogens with one attached hydrogen (secondary N) is 2. The molecule has 0 unspecified atom stereocenters. The normalized spacial score (nSPS) is 13.4. The third-order valence-corrected chi connectivity index (χ3v) is 5.67. The van der Waals surface area contributed by atoms with E-state index in [1.54, 1.807) is 23.8 Å². The zero-order chi connectivity index (χ0) is 24.2. The van der Waals surface area contributed by atoms with Gasteiger partial charge in [-0.15, -0.1) is 0 Å². The molecule has 0 saturated heterocycles. The molecule has 0 bridgehead atoms. The van der Waals surface area contributed by atoms with E-state index < -0.39 is 29.7 Å². The van der Waals surface area contributed by atoms with Crippen LogP contribution in [0, 0.1) is 11.8 Å². The zero-order valence-corrected chi connectivity index (χ0v) is 18.0. The van der Waals surface area contributed by atoms with Crippen LogP contribution in [0.15, 0.2) is 48.7 Å². The molecule has 1 aliphatic heterocycles. The lowest BCUT2D eigenvalue weighted by Crippen LogP contribution is -2.46. The summed E-state index contributed by atoms with van der Waals surface area (Å²) >= 11 is 0. The van der Waals surface area contributed by atoms with Crippen molar-refractivity contribution in [2.24, 2.45) is 0 Å². The molecule has 34 heavy (non-hydrogen) atoms. The van der Waals surface area contributed by atoms with Gasteiger partial charge < -0.3 is 10.1 Å². The molecule has 1 aliphatic rings. The predicted molar refractivity (Wildman–Crippen MR) is 121 cm³/mol. The number of hydroxylamine groups is 1. The van der Waals surface area contributed by atoms with Gasteiger partial charge in [0, 0.05) is 41.9 Å². The van der Waals surface area contributed by atoms with Crippen LogP contribution in [0.25, 0.3) is 10.9 Å². The molecule has 0 aliphatic carbocycles. The second kappa shape index (κ2) is 9.60. The zero-order valence-electron chi connectivity index (χ0n) is 18.0. The third-order valence-electron chi connectivity index (χ3n) is 5.67. The van der Waals surface area contributed by atoms with E-state index in [2.05, 4.69) is 16.8 Å². The van der Waals surface area contributed by atoms with Gasteiger partial charge >= 0.3 is 5.97 Å². The number of aromatic amines is 1. The number of unbranched alkanes of at least 4 members (excludes halogenated alkanes) is 1. The van der Waals surface area contributed by atoms with E-state index in [4.69, 9.17) is 5.21 Å². The highest BCUT2D eigenvalue weighted by Crippen LogP contribution is 2.28. The number of amides is 3. The molecule has 3 aromatic rings. The van der Waals surface area contributed by atoms with Crippen molar-refractivity contribution in [3.05, 3.63) is 70.9 Å².